The lowest BCUT2D eigenvalue weighted by Gasteiger charge is -2.25. The molecule has 2 heterocycles. The molecule has 0 saturated carbocycles. The number of nitrogens with one attached hydrogen (secondary N) is 2. The summed E-state index contributed by atoms with van der Waals surface area (Å²) < 4.78 is 0. The molecular weight excluding hydrogens is 522 g/mol. The molecule has 9 heteroatoms. The molecule has 40 heavy (non-hydrogen) atoms. The maximum Gasteiger partial charge on any atom is 0.253 e. The number of hydrogen-bond donors (Lipinski definition) is 3. The van der Waals surface area contributed by atoms with Crippen molar-refractivity contribution in [3.63, 3.8) is 0 Å². The van der Waals surface area contributed by atoms with Crippen molar-refractivity contribution in [2.24, 2.45) is 0 Å². The summed E-state index contributed by atoms with van der Waals surface area (Å²) in [5.74, 6) is -0.547. The zero-order chi connectivity index (χ0) is 28.5. The Kier molecular flexibility index (Phi) is 10.1. The number of thiazole rings is 1. The van der Waals surface area contributed by atoms with Gasteiger partial charge in [0.2, 0.25) is 0 Å². The van der Waals surface area contributed by atoms with Crippen LogP contribution < -0.4 is 10.6 Å². The SMILES string of the molecule is Cc1cncc(CNCC(O)C(Cc2ccccc2)NC(=O)c2cccc(C(=O)N(C)Cc3nc(C)cs3)c2)c1. The van der Waals surface area contributed by atoms with E-state index in [0.717, 1.165) is 27.4 Å². The number of hydrogen-bond acceptors (Lipinski definition) is 7. The Balaban J connectivity index is 1.42. The van der Waals surface area contributed by atoms with Gasteiger partial charge >= 0.3 is 0 Å². The maximum absolute atomic E-state index is 13.3. The molecule has 4 rings (SSSR count). The van der Waals surface area contributed by atoms with Crippen molar-refractivity contribution in [3.05, 3.63) is 117 Å². The zero-order valence-corrected chi connectivity index (χ0v) is 23.8. The summed E-state index contributed by atoms with van der Waals surface area (Å²) in [6, 6.07) is 17.9. The number of nitrogens with zero attached hydrogens (tertiary/aromatic N) is 3. The number of pyridine rings is 1. The van der Waals surface area contributed by atoms with Gasteiger partial charge in [-0.1, -0.05) is 42.5 Å². The number of amides is 2. The minimum absolute atomic E-state index is 0.196. The highest BCUT2D eigenvalue weighted by Crippen LogP contribution is 2.15. The Morgan fingerprint density at radius 2 is 1.77 bits per heavy atom. The van der Waals surface area contributed by atoms with Crippen LogP contribution in [0.25, 0.3) is 0 Å². The van der Waals surface area contributed by atoms with Crippen LogP contribution in [0.3, 0.4) is 0 Å². The van der Waals surface area contributed by atoms with E-state index in [2.05, 4.69) is 20.6 Å². The third kappa shape index (κ3) is 8.29. The standard InChI is InChI=1S/C31H35N5O3S/c1-21-12-24(16-32-15-21)17-33-18-28(37)27(13-23-8-5-4-6-9-23)35-30(38)25-10-7-11-26(14-25)31(39)36(3)19-29-34-22(2)20-40-29/h4-12,14-16,20,27-28,33,37H,13,17-19H2,1-3H3,(H,35,38). The molecule has 3 N–H and O–H groups in total. The molecule has 0 saturated heterocycles. The van der Waals surface area contributed by atoms with E-state index >= 15 is 0 Å². The van der Waals surface area contributed by atoms with E-state index in [-0.39, 0.29) is 18.4 Å². The van der Waals surface area contributed by atoms with Crippen LogP contribution in [0.2, 0.25) is 0 Å². The minimum Gasteiger partial charge on any atom is -0.390 e. The van der Waals surface area contributed by atoms with Gasteiger partial charge < -0.3 is 20.6 Å². The van der Waals surface area contributed by atoms with Crippen LogP contribution in [0, 0.1) is 13.8 Å². The fraction of sp³-hybridized carbons (Fsp3) is 0.290. The predicted molar refractivity (Wildman–Crippen MR) is 157 cm³/mol. The summed E-state index contributed by atoms with van der Waals surface area (Å²) in [6.45, 7) is 5.13. The van der Waals surface area contributed by atoms with E-state index in [1.54, 1.807) is 48.6 Å². The maximum atomic E-state index is 13.3. The first-order chi connectivity index (χ1) is 19.3. The first-order valence-corrected chi connectivity index (χ1v) is 14.1. The predicted octanol–water partition coefficient (Wildman–Crippen LogP) is 3.92. The fourth-order valence-corrected chi connectivity index (χ4v) is 5.21. The molecular formula is C31H35N5O3S. The Labute approximate surface area is 239 Å². The van der Waals surface area contributed by atoms with Crippen LogP contribution in [0.15, 0.2) is 78.4 Å². The summed E-state index contributed by atoms with van der Waals surface area (Å²) in [4.78, 5) is 36.6. The number of carbonyl (C=O) groups excluding carboxylic acids is 2. The van der Waals surface area contributed by atoms with Crippen LogP contribution >= 0.6 is 11.3 Å². The number of aliphatic hydroxyl groups excluding tert-OH is 1. The molecule has 4 aromatic rings. The number of carbonyl (C=O) groups is 2. The minimum atomic E-state index is -0.848. The summed E-state index contributed by atoms with van der Waals surface area (Å²) >= 11 is 1.51. The van der Waals surface area contributed by atoms with Crippen molar-refractivity contribution < 1.29 is 14.7 Å². The highest BCUT2D eigenvalue weighted by atomic mass is 32.1. The lowest BCUT2D eigenvalue weighted by molar-refractivity contribution is 0.0784. The van der Waals surface area contributed by atoms with Crippen LogP contribution in [0.1, 0.15) is 48.1 Å². The quantitative estimate of drug-likeness (QED) is 0.244. The third-order valence-corrected chi connectivity index (χ3v) is 7.40. The van der Waals surface area contributed by atoms with Gasteiger partial charge in [-0.25, -0.2) is 4.98 Å². The second-order valence-electron chi connectivity index (χ2n) is 9.96. The molecule has 0 aliphatic heterocycles. The van der Waals surface area contributed by atoms with Gasteiger partial charge in [0.1, 0.15) is 5.01 Å². The van der Waals surface area contributed by atoms with E-state index < -0.39 is 12.1 Å². The molecule has 0 fully saturated rings. The molecule has 0 spiro atoms. The zero-order valence-electron chi connectivity index (χ0n) is 23.0. The van der Waals surface area contributed by atoms with Gasteiger partial charge in [0.05, 0.1) is 18.7 Å². The van der Waals surface area contributed by atoms with Crippen LogP contribution in [0.4, 0.5) is 0 Å². The number of aryl methyl sites for hydroxylation is 2. The number of benzene rings is 2. The van der Waals surface area contributed by atoms with Gasteiger partial charge in [-0.15, -0.1) is 11.3 Å². The summed E-state index contributed by atoms with van der Waals surface area (Å²) in [6.07, 6.45) is 3.20. The van der Waals surface area contributed by atoms with E-state index in [1.807, 2.05) is 55.6 Å². The van der Waals surface area contributed by atoms with Crippen LogP contribution in [-0.4, -0.2) is 57.5 Å². The summed E-state index contributed by atoms with van der Waals surface area (Å²) in [5.41, 5.74) is 4.78. The molecule has 2 aromatic heterocycles. The van der Waals surface area contributed by atoms with E-state index in [0.29, 0.717) is 30.6 Å². The van der Waals surface area contributed by atoms with Gasteiger partial charge in [0.15, 0.2) is 0 Å². The molecule has 8 nitrogen and oxygen atoms in total. The molecule has 0 radical (unpaired) electrons. The second-order valence-corrected chi connectivity index (χ2v) is 10.9. The van der Waals surface area contributed by atoms with E-state index in [9.17, 15) is 14.7 Å². The van der Waals surface area contributed by atoms with Gasteiger partial charge in [-0.05, 0) is 55.2 Å². The summed E-state index contributed by atoms with van der Waals surface area (Å²) in [7, 11) is 1.72. The third-order valence-electron chi connectivity index (χ3n) is 6.45. The van der Waals surface area contributed by atoms with Gasteiger partial charge in [0, 0.05) is 54.7 Å². The molecule has 2 aromatic carbocycles. The van der Waals surface area contributed by atoms with Crippen molar-refractivity contribution in [3.8, 4) is 0 Å². The highest BCUT2D eigenvalue weighted by molar-refractivity contribution is 7.09. The topological polar surface area (TPSA) is 107 Å². The van der Waals surface area contributed by atoms with E-state index in [1.165, 1.54) is 11.3 Å². The van der Waals surface area contributed by atoms with Crippen molar-refractivity contribution in [1.29, 1.82) is 0 Å². The number of aromatic nitrogens is 2. The Hall–Kier alpha value is -3.92. The molecule has 208 valence electrons. The first-order valence-electron chi connectivity index (χ1n) is 13.2. The van der Waals surface area contributed by atoms with Crippen molar-refractivity contribution in [2.75, 3.05) is 13.6 Å². The number of rotatable bonds is 12. The first kappa shape index (κ1) is 29.1. The smallest absolute Gasteiger partial charge is 0.253 e. The Morgan fingerprint density at radius 3 is 2.50 bits per heavy atom. The lowest BCUT2D eigenvalue weighted by atomic mass is 10.00. The van der Waals surface area contributed by atoms with Crippen molar-refractivity contribution >= 4 is 23.2 Å². The van der Waals surface area contributed by atoms with E-state index in [4.69, 9.17) is 0 Å². The van der Waals surface area contributed by atoms with Crippen molar-refractivity contribution in [1.82, 2.24) is 25.5 Å². The van der Waals surface area contributed by atoms with Crippen LogP contribution in [-0.2, 0) is 19.5 Å². The van der Waals surface area contributed by atoms with Crippen molar-refractivity contribution in [2.45, 2.75) is 45.5 Å². The summed E-state index contributed by atoms with van der Waals surface area (Å²) in [5, 5.41) is 20.2. The average molecular weight is 558 g/mol. The lowest BCUT2D eigenvalue weighted by Crippen LogP contribution is -2.48. The molecule has 0 aliphatic rings. The fourth-order valence-electron chi connectivity index (χ4n) is 4.39. The second kappa shape index (κ2) is 13.9. The molecule has 0 aliphatic carbocycles. The van der Waals surface area contributed by atoms with Gasteiger partial charge in [-0.2, -0.15) is 0 Å². The molecule has 2 atom stereocenters. The van der Waals surface area contributed by atoms with Crippen LogP contribution in [0.5, 0.6) is 0 Å². The average Bonchev–Trinajstić information content (AvgIpc) is 3.37. The Bertz CT molecular complexity index is 1430. The highest BCUT2D eigenvalue weighted by Gasteiger charge is 2.23. The van der Waals surface area contributed by atoms with Gasteiger partial charge in [-0.3, -0.25) is 14.6 Å². The Morgan fingerprint density at radius 1 is 1.00 bits per heavy atom. The molecule has 0 bridgehead atoms. The molecule has 2 unspecified atom stereocenters. The molecule has 2 amide bonds. The van der Waals surface area contributed by atoms with Gasteiger partial charge in [0.25, 0.3) is 11.8 Å². The normalized spacial score (nSPS) is 12.5. The largest absolute Gasteiger partial charge is 0.390 e. The monoisotopic (exact) mass is 557 g/mol. The number of aliphatic hydroxyl groups is 1.